The van der Waals surface area contributed by atoms with Crippen LogP contribution in [0.4, 0.5) is 0 Å². The molecule has 0 amide bonds. The quantitative estimate of drug-likeness (QED) is 0.823. The Morgan fingerprint density at radius 1 is 1.31 bits per heavy atom. The van der Waals surface area contributed by atoms with Gasteiger partial charge < -0.3 is 10.1 Å². The molecule has 0 radical (unpaired) electrons. The largest absolute Gasteiger partial charge is 0.492 e. The van der Waals surface area contributed by atoms with E-state index in [0.717, 1.165) is 24.3 Å². The van der Waals surface area contributed by atoms with Crippen LogP contribution in [-0.4, -0.2) is 20.2 Å². The van der Waals surface area contributed by atoms with Crippen LogP contribution in [0.25, 0.3) is 0 Å². The smallest absolute Gasteiger partial charge is 0.141 e. The Bertz CT molecular complexity index is 329. The van der Waals surface area contributed by atoms with Gasteiger partial charge in [-0.05, 0) is 51.1 Å². The zero-order valence-corrected chi connectivity index (χ0v) is 11.5. The standard InChI is InChI=1S/C12H18ClNO.ClH/c1-9-5-6-11(13)12(10(9)2)15-8-4-7-14-3;/h5-6,14H,4,7-8H2,1-3H3;1H. The van der Waals surface area contributed by atoms with Crippen LogP contribution in [0.5, 0.6) is 5.75 Å². The van der Waals surface area contributed by atoms with Gasteiger partial charge in [-0.3, -0.25) is 0 Å². The van der Waals surface area contributed by atoms with Gasteiger partial charge in [0.2, 0.25) is 0 Å². The van der Waals surface area contributed by atoms with Gasteiger partial charge in [-0.2, -0.15) is 0 Å². The minimum Gasteiger partial charge on any atom is -0.492 e. The van der Waals surface area contributed by atoms with Crippen molar-refractivity contribution >= 4 is 24.0 Å². The van der Waals surface area contributed by atoms with Gasteiger partial charge in [-0.15, -0.1) is 12.4 Å². The summed E-state index contributed by atoms with van der Waals surface area (Å²) in [6.45, 7) is 5.76. The normalized spacial score (nSPS) is 9.75. The number of hydrogen-bond acceptors (Lipinski definition) is 2. The van der Waals surface area contributed by atoms with Crippen LogP contribution >= 0.6 is 24.0 Å². The molecule has 0 heterocycles. The molecule has 16 heavy (non-hydrogen) atoms. The van der Waals surface area contributed by atoms with Crippen molar-refractivity contribution in [2.75, 3.05) is 20.2 Å². The molecule has 1 N–H and O–H groups in total. The van der Waals surface area contributed by atoms with Gasteiger partial charge in [-0.25, -0.2) is 0 Å². The predicted octanol–water partition coefficient (Wildman–Crippen LogP) is 3.37. The SMILES string of the molecule is CNCCCOc1c(Cl)ccc(C)c1C.Cl. The Kier molecular flexibility index (Phi) is 7.56. The summed E-state index contributed by atoms with van der Waals surface area (Å²) in [4.78, 5) is 0. The molecule has 0 unspecified atom stereocenters. The third-order valence-electron chi connectivity index (χ3n) is 2.45. The molecule has 0 saturated heterocycles. The number of ether oxygens (including phenoxy) is 1. The molecule has 4 heteroatoms. The van der Waals surface area contributed by atoms with Gasteiger partial charge in [0.15, 0.2) is 0 Å². The molecule has 0 aliphatic heterocycles. The van der Waals surface area contributed by atoms with Crippen LogP contribution in [0.2, 0.25) is 5.02 Å². The molecule has 0 atom stereocenters. The molecule has 1 aromatic rings. The summed E-state index contributed by atoms with van der Waals surface area (Å²) >= 11 is 6.07. The van der Waals surface area contributed by atoms with E-state index in [1.165, 1.54) is 5.56 Å². The lowest BCUT2D eigenvalue weighted by molar-refractivity contribution is 0.308. The molecule has 0 aromatic heterocycles. The molecule has 0 saturated carbocycles. The first-order chi connectivity index (χ1) is 7.16. The number of hydrogen-bond donors (Lipinski definition) is 1. The Hall–Kier alpha value is -0.440. The highest BCUT2D eigenvalue weighted by Crippen LogP contribution is 2.30. The van der Waals surface area contributed by atoms with Crippen molar-refractivity contribution in [2.45, 2.75) is 20.3 Å². The van der Waals surface area contributed by atoms with E-state index in [0.29, 0.717) is 11.6 Å². The summed E-state index contributed by atoms with van der Waals surface area (Å²) in [6, 6.07) is 3.90. The summed E-state index contributed by atoms with van der Waals surface area (Å²) < 4.78 is 5.68. The lowest BCUT2D eigenvalue weighted by atomic mass is 10.1. The van der Waals surface area contributed by atoms with Crippen molar-refractivity contribution < 1.29 is 4.74 Å². The van der Waals surface area contributed by atoms with Crippen LogP contribution in [-0.2, 0) is 0 Å². The molecule has 1 rings (SSSR count). The zero-order valence-electron chi connectivity index (χ0n) is 9.97. The third-order valence-corrected chi connectivity index (χ3v) is 2.74. The predicted molar refractivity (Wildman–Crippen MR) is 72.2 cm³/mol. The van der Waals surface area contributed by atoms with Crippen molar-refractivity contribution in [2.24, 2.45) is 0 Å². The molecule has 2 nitrogen and oxygen atoms in total. The maximum Gasteiger partial charge on any atom is 0.141 e. The van der Waals surface area contributed by atoms with E-state index in [-0.39, 0.29) is 12.4 Å². The Morgan fingerprint density at radius 2 is 2.00 bits per heavy atom. The second-order valence-electron chi connectivity index (χ2n) is 3.62. The van der Waals surface area contributed by atoms with E-state index in [9.17, 15) is 0 Å². The summed E-state index contributed by atoms with van der Waals surface area (Å²) in [6.07, 6.45) is 0.986. The van der Waals surface area contributed by atoms with Crippen molar-refractivity contribution in [1.29, 1.82) is 0 Å². The van der Waals surface area contributed by atoms with E-state index in [1.807, 2.05) is 26.1 Å². The van der Waals surface area contributed by atoms with Crippen LogP contribution < -0.4 is 10.1 Å². The average molecular weight is 264 g/mol. The maximum absolute atomic E-state index is 6.07. The highest BCUT2D eigenvalue weighted by Gasteiger charge is 2.07. The Morgan fingerprint density at radius 3 is 2.62 bits per heavy atom. The molecule has 1 aromatic carbocycles. The van der Waals surface area contributed by atoms with Gasteiger partial charge in [0, 0.05) is 0 Å². The first-order valence-electron chi connectivity index (χ1n) is 5.20. The monoisotopic (exact) mass is 263 g/mol. The minimum absolute atomic E-state index is 0. The molecule has 0 spiro atoms. The van der Waals surface area contributed by atoms with Gasteiger partial charge >= 0.3 is 0 Å². The van der Waals surface area contributed by atoms with Crippen LogP contribution in [0.3, 0.4) is 0 Å². The lowest BCUT2D eigenvalue weighted by Gasteiger charge is -2.12. The van der Waals surface area contributed by atoms with Crippen molar-refractivity contribution in [3.05, 3.63) is 28.3 Å². The summed E-state index contributed by atoms with van der Waals surface area (Å²) in [5.74, 6) is 0.827. The third kappa shape index (κ3) is 4.20. The Labute approximate surface area is 109 Å². The van der Waals surface area contributed by atoms with Gasteiger partial charge in [0.05, 0.1) is 11.6 Å². The fraction of sp³-hybridized carbons (Fsp3) is 0.500. The van der Waals surface area contributed by atoms with Crippen LogP contribution in [0.15, 0.2) is 12.1 Å². The summed E-state index contributed by atoms with van der Waals surface area (Å²) in [5, 5.41) is 3.78. The van der Waals surface area contributed by atoms with Crippen molar-refractivity contribution in [3.63, 3.8) is 0 Å². The number of halogens is 2. The van der Waals surface area contributed by atoms with Crippen LogP contribution in [0.1, 0.15) is 17.5 Å². The molecule has 0 fully saturated rings. The fourth-order valence-corrected chi connectivity index (χ4v) is 1.62. The lowest BCUT2D eigenvalue weighted by Crippen LogP contribution is -2.12. The molecular formula is C12H19Cl2NO. The minimum atomic E-state index is 0. The van der Waals surface area contributed by atoms with E-state index < -0.39 is 0 Å². The average Bonchev–Trinajstić information content (AvgIpc) is 2.23. The van der Waals surface area contributed by atoms with E-state index in [1.54, 1.807) is 0 Å². The van der Waals surface area contributed by atoms with E-state index >= 15 is 0 Å². The van der Waals surface area contributed by atoms with Crippen LogP contribution in [0, 0.1) is 13.8 Å². The van der Waals surface area contributed by atoms with Gasteiger partial charge in [0.1, 0.15) is 5.75 Å². The Balaban J connectivity index is 0.00000225. The van der Waals surface area contributed by atoms with Crippen molar-refractivity contribution in [1.82, 2.24) is 5.32 Å². The molecule has 0 aliphatic carbocycles. The first kappa shape index (κ1) is 15.6. The molecule has 92 valence electrons. The highest BCUT2D eigenvalue weighted by molar-refractivity contribution is 6.32. The highest BCUT2D eigenvalue weighted by atomic mass is 35.5. The van der Waals surface area contributed by atoms with Gasteiger partial charge in [0.25, 0.3) is 0 Å². The molecule has 0 bridgehead atoms. The number of benzene rings is 1. The van der Waals surface area contributed by atoms with Crippen molar-refractivity contribution in [3.8, 4) is 5.75 Å². The topological polar surface area (TPSA) is 21.3 Å². The second kappa shape index (κ2) is 7.77. The summed E-state index contributed by atoms with van der Waals surface area (Å²) in [5.41, 5.74) is 2.34. The maximum atomic E-state index is 6.07. The fourth-order valence-electron chi connectivity index (χ4n) is 1.36. The summed E-state index contributed by atoms with van der Waals surface area (Å²) in [7, 11) is 1.94. The zero-order chi connectivity index (χ0) is 11.3. The number of aryl methyl sites for hydroxylation is 1. The second-order valence-corrected chi connectivity index (χ2v) is 4.03. The number of nitrogens with one attached hydrogen (secondary N) is 1. The number of rotatable bonds is 5. The van der Waals surface area contributed by atoms with Gasteiger partial charge in [-0.1, -0.05) is 17.7 Å². The molecular weight excluding hydrogens is 245 g/mol. The first-order valence-corrected chi connectivity index (χ1v) is 5.57. The van der Waals surface area contributed by atoms with E-state index in [4.69, 9.17) is 16.3 Å². The van der Waals surface area contributed by atoms with E-state index in [2.05, 4.69) is 12.2 Å². The molecule has 0 aliphatic rings.